The average Bonchev–Trinajstić information content (AvgIpc) is 3.03. The van der Waals surface area contributed by atoms with Crippen molar-refractivity contribution in [2.24, 2.45) is 0 Å². The smallest absolute Gasteiger partial charge is 0.234 e. The highest BCUT2D eigenvalue weighted by Crippen LogP contribution is 2.35. The summed E-state index contributed by atoms with van der Waals surface area (Å²) in [5.41, 5.74) is 3.05. The van der Waals surface area contributed by atoms with E-state index >= 15 is 0 Å². The summed E-state index contributed by atoms with van der Waals surface area (Å²) in [5, 5.41) is 6.85. The first kappa shape index (κ1) is 20.5. The first-order valence-corrected chi connectivity index (χ1v) is 10.1. The van der Waals surface area contributed by atoms with E-state index in [1.807, 2.05) is 57.2 Å². The van der Waals surface area contributed by atoms with Crippen molar-refractivity contribution in [1.29, 1.82) is 0 Å². The van der Waals surface area contributed by atoms with Crippen molar-refractivity contribution in [3.63, 3.8) is 0 Å². The number of carbonyl (C=O) groups is 1. The van der Waals surface area contributed by atoms with Gasteiger partial charge in [0.25, 0.3) is 0 Å². The van der Waals surface area contributed by atoms with Crippen LogP contribution < -0.4 is 20.1 Å². The van der Waals surface area contributed by atoms with Crippen LogP contribution in [0.25, 0.3) is 0 Å². The van der Waals surface area contributed by atoms with Crippen LogP contribution >= 0.6 is 11.6 Å². The Morgan fingerprint density at radius 2 is 2.14 bits per heavy atom. The SMILES string of the molecule is CCOc1cc2c(cc1CNC(=O)CN[C@H](C)c1ccccc1Cl)O[C@H](C)C2. The van der Waals surface area contributed by atoms with Crippen molar-refractivity contribution < 1.29 is 14.3 Å². The van der Waals surface area contributed by atoms with Gasteiger partial charge in [0.15, 0.2) is 0 Å². The Bertz CT molecular complexity index is 841. The summed E-state index contributed by atoms with van der Waals surface area (Å²) in [6, 6.07) is 11.6. The standard InChI is InChI=1S/C22H27ClN2O3/c1-4-27-20-10-16-9-14(2)28-21(16)11-17(20)12-25-22(26)13-24-15(3)18-7-5-6-8-19(18)23/h5-8,10-11,14-15,24H,4,9,12-13H2,1-3H3,(H,25,26)/t14-,15-/m1/s1. The number of fused-ring (bicyclic) bond motifs is 1. The topological polar surface area (TPSA) is 59.6 Å². The third-order valence-corrected chi connectivity index (χ3v) is 5.14. The Hall–Kier alpha value is -2.24. The average molecular weight is 403 g/mol. The van der Waals surface area contributed by atoms with E-state index in [4.69, 9.17) is 21.1 Å². The zero-order chi connectivity index (χ0) is 20.1. The maximum atomic E-state index is 12.3. The fraction of sp³-hybridized carbons (Fsp3) is 0.409. The first-order valence-electron chi connectivity index (χ1n) is 9.67. The number of halogens is 1. The number of hydrogen-bond acceptors (Lipinski definition) is 4. The van der Waals surface area contributed by atoms with Crippen LogP contribution in [-0.2, 0) is 17.8 Å². The van der Waals surface area contributed by atoms with Crippen LogP contribution in [0.3, 0.4) is 0 Å². The van der Waals surface area contributed by atoms with Gasteiger partial charge in [0.1, 0.15) is 17.6 Å². The third kappa shape index (κ3) is 4.97. The van der Waals surface area contributed by atoms with E-state index in [1.54, 1.807) is 0 Å². The van der Waals surface area contributed by atoms with Crippen LogP contribution in [0.4, 0.5) is 0 Å². The largest absolute Gasteiger partial charge is 0.494 e. The summed E-state index contributed by atoms with van der Waals surface area (Å²) in [7, 11) is 0. The highest BCUT2D eigenvalue weighted by molar-refractivity contribution is 6.31. The van der Waals surface area contributed by atoms with E-state index in [0.29, 0.717) is 18.2 Å². The van der Waals surface area contributed by atoms with Gasteiger partial charge in [0.05, 0.1) is 13.2 Å². The summed E-state index contributed by atoms with van der Waals surface area (Å²) in [6.45, 7) is 7.16. The Morgan fingerprint density at radius 3 is 2.89 bits per heavy atom. The predicted octanol–water partition coefficient (Wildman–Crippen LogP) is 4.03. The lowest BCUT2D eigenvalue weighted by Gasteiger charge is -2.16. The highest BCUT2D eigenvalue weighted by atomic mass is 35.5. The number of ether oxygens (including phenoxy) is 2. The van der Waals surface area contributed by atoms with Crippen molar-refractivity contribution in [2.75, 3.05) is 13.2 Å². The van der Waals surface area contributed by atoms with Gasteiger partial charge >= 0.3 is 0 Å². The van der Waals surface area contributed by atoms with Crippen molar-refractivity contribution in [3.8, 4) is 11.5 Å². The molecule has 1 aliphatic heterocycles. The minimum atomic E-state index is -0.0869. The van der Waals surface area contributed by atoms with E-state index in [2.05, 4.69) is 10.6 Å². The summed E-state index contributed by atoms with van der Waals surface area (Å²) >= 11 is 6.21. The van der Waals surface area contributed by atoms with Crippen LogP contribution in [0.15, 0.2) is 36.4 Å². The monoisotopic (exact) mass is 402 g/mol. The number of carbonyl (C=O) groups excluding carboxylic acids is 1. The van der Waals surface area contributed by atoms with Gasteiger partial charge in [-0.25, -0.2) is 0 Å². The van der Waals surface area contributed by atoms with E-state index < -0.39 is 0 Å². The molecular formula is C22H27ClN2O3. The second-order valence-electron chi connectivity index (χ2n) is 7.03. The van der Waals surface area contributed by atoms with Gasteiger partial charge in [-0.05, 0) is 44.5 Å². The van der Waals surface area contributed by atoms with Crippen molar-refractivity contribution in [2.45, 2.75) is 45.9 Å². The zero-order valence-electron chi connectivity index (χ0n) is 16.5. The molecule has 0 unspecified atom stereocenters. The van der Waals surface area contributed by atoms with Crippen molar-refractivity contribution in [3.05, 3.63) is 58.1 Å². The van der Waals surface area contributed by atoms with E-state index in [-0.39, 0.29) is 24.6 Å². The van der Waals surface area contributed by atoms with E-state index in [1.165, 1.54) is 0 Å². The Labute approximate surface area is 171 Å². The molecule has 2 aromatic rings. The van der Waals surface area contributed by atoms with E-state index in [0.717, 1.165) is 34.6 Å². The number of amides is 1. The molecular weight excluding hydrogens is 376 g/mol. The maximum Gasteiger partial charge on any atom is 0.234 e. The summed E-state index contributed by atoms with van der Waals surface area (Å²) in [5.74, 6) is 1.60. The minimum absolute atomic E-state index is 0.0201. The van der Waals surface area contributed by atoms with E-state index in [9.17, 15) is 4.79 Å². The molecule has 0 radical (unpaired) electrons. The lowest BCUT2D eigenvalue weighted by atomic mass is 10.1. The molecule has 5 nitrogen and oxygen atoms in total. The fourth-order valence-corrected chi connectivity index (χ4v) is 3.65. The Kier molecular flexibility index (Phi) is 6.81. The molecule has 0 fully saturated rings. The van der Waals surface area contributed by atoms with Crippen LogP contribution in [0.1, 0.15) is 43.5 Å². The molecule has 3 rings (SSSR count). The molecule has 1 aliphatic rings. The summed E-state index contributed by atoms with van der Waals surface area (Å²) in [6.07, 6.45) is 1.05. The second kappa shape index (κ2) is 9.30. The molecule has 0 saturated heterocycles. The molecule has 2 atom stereocenters. The summed E-state index contributed by atoms with van der Waals surface area (Å²) < 4.78 is 11.6. The lowest BCUT2D eigenvalue weighted by molar-refractivity contribution is -0.120. The van der Waals surface area contributed by atoms with Crippen molar-refractivity contribution in [1.82, 2.24) is 10.6 Å². The molecule has 2 aromatic carbocycles. The van der Waals surface area contributed by atoms with Gasteiger partial charge in [0.2, 0.25) is 5.91 Å². The first-order chi connectivity index (χ1) is 13.5. The van der Waals surface area contributed by atoms with Gasteiger partial charge in [-0.2, -0.15) is 0 Å². The molecule has 0 aromatic heterocycles. The van der Waals surface area contributed by atoms with Crippen LogP contribution in [0.5, 0.6) is 11.5 Å². The molecule has 0 bridgehead atoms. The number of rotatable bonds is 8. The molecule has 28 heavy (non-hydrogen) atoms. The quantitative estimate of drug-likeness (QED) is 0.699. The number of nitrogens with one attached hydrogen (secondary N) is 2. The Morgan fingerprint density at radius 1 is 1.36 bits per heavy atom. The molecule has 6 heteroatoms. The predicted molar refractivity (Wildman–Crippen MR) is 111 cm³/mol. The van der Waals surface area contributed by atoms with Crippen LogP contribution in [-0.4, -0.2) is 25.2 Å². The van der Waals surface area contributed by atoms with Gasteiger partial charge in [-0.1, -0.05) is 29.8 Å². The van der Waals surface area contributed by atoms with Gasteiger partial charge in [-0.15, -0.1) is 0 Å². The lowest BCUT2D eigenvalue weighted by Crippen LogP contribution is -2.34. The highest BCUT2D eigenvalue weighted by Gasteiger charge is 2.22. The molecule has 150 valence electrons. The molecule has 0 aliphatic carbocycles. The molecule has 1 amide bonds. The normalized spacial score (nSPS) is 16.2. The summed E-state index contributed by atoms with van der Waals surface area (Å²) in [4.78, 5) is 12.3. The Balaban J connectivity index is 1.57. The van der Waals surface area contributed by atoms with Gasteiger partial charge < -0.3 is 20.1 Å². The molecule has 2 N–H and O–H groups in total. The molecule has 1 heterocycles. The number of benzene rings is 2. The van der Waals surface area contributed by atoms with Gasteiger partial charge in [0, 0.05) is 35.2 Å². The maximum absolute atomic E-state index is 12.3. The molecule has 0 spiro atoms. The minimum Gasteiger partial charge on any atom is -0.494 e. The van der Waals surface area contributed by atoms with Crippen LogP contribution in [0, 0.1) is 0 Å². The second-order valence-corrected chi connectivity index (χ2v) is 7.44. The van der Waals surface area contributed by atoms with Crippen molar-refractivity contribution >= 4 is 17.5 Å². The van der Waals surface area contributed by atoms with Gasteiger partial charge in [-0.3, -0.25) is 4.79 Å². The zero-order valence-corrected chi connectivity index (χ0v) is 17.3. The number of hydrogen-bond donors (Lipinski definition) is 2. The molecule has 0 saturated carbocycles. The third-order valence-electron chi connectivity index (χ3n) is 4.80. The van der Waals surface area contributed by atoms with Crippen LogP contribution in [0.2, 0.25) is 5.02 Å². The fourth-order valence-electron chi connectivity index (χ4n) is 3.35.